The number of azo groups is 1. The maximum absolute atomic E-state index is 12.8. The Hall–Kier alpha value is -7.90. The van der Waals surface area contributed by atoms with Crippen LogP contribution in [0.1, 0.15) is 73.4 Å². The summed E-state index contributed by atoms with van der Waals surface area (Å²) in [5, 5.41) is 23.9. The number of rotatable bonds is 18. The number of carbonyl (C=O) groups excluding carboxylic acids is 8. The molecule has 0 spiro atoms. The van der Waals surface area contributed by atoms with Crippen LogP contribution in [0.25, 0.3) is 0 Å². The number of benzene rings is 2. The van der Waals surface area contributed by atoms with E-state index < -0.39 is 35.6 Å². The van der Waals surface area contributed by atoms with Crippen molar-refractivity contribution in [2.24, 2.45) is 22.1 Å². The van der Waals surface area contributed by atoms with Gasteiger partial charge < -0.3 is 41.4 Å². The number of hydrogen-bond acceptors (Lipinski definition) is 14. The smallest absolute Gasteiger partial charge is 0.310 e. The van der Waals surface area contributed by atoms with Gasteiger partial charge in [-0.15, -0.1) is 0 Å². The zero-order valence-electron chi connectivity index (χ0n) is 34.8. The van der Waals surface area contributed by atoms with E-state index >= 15 is 0 Å². The molecule has 2 aromatic heterocycles. The third-order valence-corrected chi connectivity index (χ3v) is 8.23. The van der Waals surface area contributed by atoms with Crippen molar-refractivity contribution in [3.63, 3.8) is 0 Å². The molecule has 2 heterocycles. The molecular formula is C42H46N10O10. The summed E-state index contributed by atoms with van der Waals surface area (Å²) < 4.78 is 10.8. The average Bonchev–Trinajstić information content (AvgIpc) is 3.21. The second-order valence-corrected chi connectivity index (χ2v) is 13.9. The number of nitrogens with zero attached hydrogens (tertiary/aromatic N) is 4. The number of esters is 2. The van der Waals surface area contributed by atoms with Crippen molar-refractivity contribution in [1.29, 1.82) is 0 Å². The van der Waals surface area contributed by atoms with Crippen LogP contribution in [0.15, 0.2) is 83.0 Å². The van der Waals surface area contributed by atoms with Crippen LogP contribution in [0, 0.1) is 11.8 Å². The molecule has 20 heteroatoms. The number of aromatic nitrogens is 2. The van der Waals surface area contributed by atoms with Crippen LogP contribution in [-0.2, 0) is 51.5 Å². The van der Waals surface area contributed by atoms with E-state index in [4.69, 9.17) is 9.47 Å². The number of nitrogens with one attached hydrogen (secondary N) is 6. The van der Waals surface area contributed by atoms with E-state index in [0.717, 1.165) is 0 Å². The first kappa shape index (κ1) is 46.8. The molecule has 62 heavy (non-hydrogen) atoms. The summed E-state index contributed by atoms with van der Waals surface area (Å²) >= 11 is 0. The van der Waals surface area contributed by atoms with E-state index in [9.17, 15) is 38.4 Å². The summed E-state index contributed by atoms with van der Waals surface area (Å²) in [5.41, 5.74) is 2.48. The third kappa shape index (κ3) is 15.7. The second kappa shape index (κ2) is 22.5. The number of amides is 6. The molecule has 0 radical (unpaired) electrons. The summed E-state index contributed by atoms with van der Waals surface area (Å²) in [4.78, 5) is 105. The first-order valence-corrected chi connectivity index (χ1v) is 19.1. The fourth-order valence-electron chi connectivity index (χ4n) is 5.25. The first-order valence-electron chi connectivity index (χ1n) is 19.1. The van der Waals surface area contributed by atoms with E-state index in [0.29, 0.717) is 33.6 Å². The van der Waals surface area contributed by atoms with Crippen LogP contribution in [0.5, 0.6) is 0 Å². The maximum Gasteiger partial charge on any atom is 0.310 e. The number of anilines is 4. The van der Waals surface area contributed by atoms with E-state index in [-0.39, 0.29) is 73.2 Å². The summed E-state index contributed by atoms with van der Waals surface area (Å²) in [6, 6.07) is 18.6. The highest BCUT2D eigenvalue weighted by molar-refractivity contribution is 5.95. The Bertz CT molecular complexity index is 2120. The third-order valence-electron chi connectivity index (χ3n) is 8.23. The molecule has 0 aliphatic carbocycles. The minimum atomic E-state index is -0.700. The van der Waals surface area contributed by atoms with Gasteiger partial charge in [0.1, 0.15) is 36.5 Å². The summed E-state index contributed by atoms with van der Waals surface area (Å²) in [7, 11) is 0. The Balaban J connectivity index is 1.20. The molecule has 0 fully saturated rings. The highest BCUT2D eigenvalue weighted by Crippen LogP contribution is 2.21. The second-order valence-electron chi connectivity index (χ2n) is 13.9. The summed E-state index contributed by atoms with van der Waals surface area (Å²) in [5.74, 6) is -4.19. The summed E-state index contributed by atoms with van der Waals surface area (Å²) in [6.45, 7) is 8.06. The van der Waals surface area contributed by atoms with Crippen LogP contribution >= 0.6 is 0 Å². The lowest BCUT2D eigenvalue weighted by molar-refractivity contribution is -0.149. The molecule has 0 bridgehead atoms. The van der Waals surface area contributed by atoms with Crippen LogP contribution < -0.4 is 31.9 Å². The molecule has 4 rings (SSSR count). The van der Waals surface area contributed by atoms with Gasteiger partial charge in [0.15, 0.2) is 0 Å². The topological polar surface area (TPSA) is 278 Å². The van der Waals surface area contributed by atoms with Gasteiger partial charge in [0.2, 0.25) is 23.6 Å². The van der Waals surface area contributed by atoms with Crippen LogP contribution in [-0.4, -0.2) is 70.4 Å². The standard InChI is InChI=1S/C42H46N10O10/c1-23(41(59)61-21-29-15-35(45-25(3)53)49-36(16-29)46-26(4)54)19-43-39(57)31-7-11-33(12-8-31)51-52-34-13-9-32(10-14-34)40(58)44-20-24(2)42(60)62-22-30-17-37(47-27(5)55)50-38(18-30)48-28(6)56/h7-18,23-24H,19-22H2,1-6H3,(H,43,57)(H,44,58)(H2,45,46,49,53,54)(H2,47,48,50,55,56). The maximum atomic E-state index is 12.8. The van der Waals surface area contributed by atoms with Gasteiger partial charge in [-0.3, -0.25) is 38.4 Å². The van der Waals surface area contributed by atoms with E-state index in [1.54, 1.807) is 62.4 Å². The van der Waals surface area contributed by atoms with Gasteiger partial charge in [0.05, 0.1) is 23.2 Å². The van der Waals surface area contributed by atoms with Gasteiger partial charge in [-0.25, -0.2) is 9.97 Å². The Labute approximate surface area is 356 Å². The normalized spacial score (nSPS) is 11.6. The molecule has 324 valence electrons. The van der Waals surface area contributed by atoms with Crippen molar-refractivity contribution in [2.45, 2.75) is 54.8 Å². The number of ether oxygens (including phenoxy) is 2. The number of hydrogen-bond donors (Lipinski definition) is 6. The molecule has 2 aromatic carbocycles. The molecule has 2 unspecified atom stereocenters. The summed E-state index contributed by atoms with van der Waals surface area (Å²) in [6.07, 6.45) is 0. The Morgan fingerprint density at radius 2 is 0.790 bits per heavy atom. The van der Waals surface area contributed by atoms with E-state index in [1.165, 1.54) is 52.0 Å². The molecule has 4 aromatic rings. The lowest BCUT2D eigenvalue weighted by Gasteiger charge is -2.14. The molecule has 0 aliphatic heterocycles. The minimum absolute atomic E-state index is 0.0102. The van der Waals surface area contributed by atoms with Crippen molar-refractivity contribution in [1.82, 2.24) is 20.6 Å². The molecule has 6 N–H and O–H groups in total. The van der Waals surface area contributed by atoms with Crippen LogP contribution in [0.2, 0.25) is 0 Å². The van der Waals surface area contributed by atoms with Crippen molar-refractivity contribution >= 4 is 82.0 Å². The van der Waals surface area contributed by atoms with Crippen molar-refractivity contribution in [3.8, 4) is 0 Å². The molecular weight excluding hydrogens is 805 g/mol. The minimum Gasteiger partial charge on any atom is -0.461 e. The van der Waals surface area contributed by atoms with Gasteiger partial charge in [-0.2, -0.15) is 10.2 Å². The van der Waals surface area contributed by atoms with Crippen molar-refractivity contribution in [3.05, 3.63) is 95.1 Å². The zero-order valence-corrected chi connectivity index (χ0v) is 34.8. The Morgan fingerprint density at radius 3 is 1.06 bits per heavy atom. The first-order chi connectivity index (χ1) is 29.4. The quantitative estimate of drug-likeness (QED) is 0.0574. The number of carbonyl (C=O) groups is 8. The zero-order chi connectivity index (χ0) is 45.3. The molecule has 0 aliphatic rings. The van der Waals surface area contributed by atoms with Gasteiger partial charge >= 0.3 is 11.9 Å². The molecule has 0 saturated carbocycles. The Kier molecular flexibility index (Phi) is 17.0. The molecule has 20 nitrogen and oxygen atoms in total. The average molecular weight is 851 g/mol. The SMILES string of the molecule is CC(=O)Nc1cc(COC(=O)C(C)CNC(=O)c2ccc(N=Nc3ccc(C(=O)NCC(C)C(=O)OCc4cc(NC(C)=O)nc(NC(C)=O)c4)cc3)cc2)cc(NC(C)=O)n1. The fourth-order valence-corrected chi connectivity index (χ4v) is 5.25. The lowest BCUT2D eigenvalue weighted by Crippen LogP contribution is -2.32. The molecule has 2 atom stereocenters. The van der Waals surface area contributed by atoms with E-state index in [2.05, 4.69) is 52.1 Å². The predicted octanol–water partition coefficient (Wildman–Crippen LogP) is 4.94. The number of pyridine rings is 2. The lowest BCUT2D eigenvalue weighted by atomic mass is 10.1. The predicted molar refractivity (Wildman–Crippen MR) is 225 cm³/mol. The highest BCUT2D eigenvalue weighted by atomic mass is 16.5. The van der Waals surface area contributed by atoms with Gasteiger partial charge in [-0.05, 0) is 83.9 Å². The fraction of sp³-hybridized carbons (Fsp3) is 0.286. The van der Waals surface area contributed by atoms with Crippen LogP contribution in [0.3, 0.4) is 0 Å². The van der Waals surface area contributed by atoms with Gasteiger partial charge in [0, 0.05) is 51.9 Å². The monoisotopic (exact) mass is 850 g/mol. The van der Waals surface area contributed by atoms with E-state index in [1.807, 2.05) is 0 Å². The molecule has 0 saturated heterocycles. The largest absolute Gasteiger partial charge is 0.461 e. The Morgan fingerprint density at radius 1 is 0.500 bits per heavy atom. The van der Waals surface area contributed by atoms with Crippen molar-refractivity contribution < 1.29 is 47.8 Å². The van der Waals surface area contributed by atoms with Crippen LogP contribution in [0.4, 0.5) is 34.6 Å². The van der Waals surface area contributed by atoms with Crippen molar-refractivity contribution in [2.75, 3.05) is 34.4 Å². The highest BCUT2D eigenvalue weighted by Gasteiger charge is 2.19. The van der Waals surface area contributed by atoms with Gasteiger partial charge in [0.25, 0.3) is 11.8 Å². The molecule has 6 amide bonds. The van der Waals surface area contributed by atoms with Gasteiger partial charge in [-0.1, -0.05) is 13.8 Å².